The topological polar surface area (TPSA) is 92.8 Å². The predicted molar refractivity (Wildman–Crippen MR) is 119 cm³/mol. The number of hydrogen-bond donors (Lipinski definition) is 1. The Morgan fingerprint density at radius 3 is 2.53 bits per heavy atom. The van der Waals surface area contributed by atoms with Crippen LogP contribution in [0.4, 0.5) is 15.8 Å². The predicted octanol–water partition coefficient (Wildman–Crippen LogP) is 3.91. The van der Waals surface area contributed by atoms with Crippen LogP contribution in [-0.2, 0) is 14.8 Å². The van der Waals surface area contributed by atoms with Crippen molar-refractivity contribution in [2.24, 2.45) is 0 Å². The van der Waals surface area contributed by atoms with E-state index in [9.17, 15) is 22.4 Å². The van der Waals surface area contributed by atoms with E-state index >= 15 is 0 Å². The van der Waals surface area contributed by atoms with E-state index in [2.05, 4.69) is 5.32 Å². The van der Waals surface area contributed by atoms with Crippen LogP contribution in [0.5, 0.6) is 5.75 Å². The van der Waals surface area contributed by atoms with Crippen molar-refractivity contribution in [3.63, 3.8) is 0 Å². The molecule has 3 aromatic rings. The number of carbonyl (C=O) groups excluding carboxylic acids is 2. The van der Waals surface area contributed by atoms with Gasteiger partial charge in [-0.05, 0) is 54.6 Å². The molecule has 0 aromatic heterocycles. The SMILES string of the molecule is CN(c1ccc(OC(=O)c2ccc3c(c2)NC(=O)CS3)cc1)S(=O)(=O)c1ccccc1F. The zero-order chi connectivity index (χ0) is 22.9. The van der Waals surface area contributed by atoms with Crippen LogP contribution >= 0.6 is 11.8 Å². The number of sulfonamides is 1. The molecule has 0 aliphatic carbocycles. The van der Waals surface area contributed by atoms with Gasteiger partial charge in [0.15, 0.2) is 0 Å². The van der Waals surface area contributed by atoms with Crippen LogP contribution in [0.15, 0.2) is 76.5 Å². The summed E-state index contributed by atoms with van der Waals surface area (Å²) in [6, 6.07) is 15.8. The van der Waals surface area contributed by atoms with E-state index in [1.165, 1.54) is 61.3 Å². The normalized spacial score (nSPS) is 13.1. The third-order valence-electron chi connectivity index (χ3n) is 4.73. The summed E-state index contributed by atoms with van der Waals surface area (Å²) >= 11 is 1.39. The third-order valence-corrected chi connectivity index (χ3v) is 7.63. The Hall–Kier alpha value is -3.37. The minimum absolute atomic E-state index is 0.141. The number of anilines is 2. The first-order valence-corrected chi connectivity index (χ1v) is 11.8. The molecule has 3 aromatic carbocycles. The molecule has 0 atom stereocenters. The average molecular weight is 473 g/mol. The van der Waals surface area contributed by atoms with Gasteiger partial charge in [-0.3, -0.25) is 9.10 Å². The fraction of sp³-hybridized carbons (Fsp3) is 0.0909. The number of nitrogens with one attached hydrogen (secondary N) is 1. The van der Waals surface area contributed by atoms with Gasteiger partial charge in [0.25, 0.3) is 10.0 Å². The molecule has 1 amide bonds. The molecule has 32 heavy (non-hydrogen) atoms. The van der Waals surface area contributed by atoms with Crippen molar-refractivity contribution in [2.45, 2.75) is 9.79 Å². The number of nitrogens with zero attached hydrogens (tertiary/aromatic N) is 1. The number of rotatable bonds is 5. The van der Waals surface area contributed by atoms with Crippen molar-refractivity contribution < 1.29 is 27.1 Å². The highest BCUT2D eigenvalue weighted by atomic mass is 32.2. The standard InChI is InChI=1S/C22H17FN2O5S2/c1-25(32(28,29)20-5-3-2-4-17(20)23)15-7-9-16(10-8-15)30-22(27)14-6-11-19-18(12-14)24-21(26)13-31-19/h2-12H,13H2,1H3,(H,24,26). The van der Waals surface area contributed by atoms with Gasteiger partial charge in [-0.1, -0.05) is 12.1 Å². The summed E-state index contributed by atoms with van der Waals surface area (Å²) < 4.78 is 45.7. The molecule has 164 valence electrons. The Labute approximate surface area is 188 Å². The molecular weight excluding hydrogens is 455 g/mol. The lowest BCUT2D eigenvalue weighted by molar-refractivity contribution is -0.113. The van der Waals surface area contributed by atoms with Gasteiger partial charge in [-0.15, -0.1) is 11.8 Å². The molecule has 0 fully saturated rings. The summed E-state index contributed by atoms with van der Waals surface area (Å²) in [6.07, 6.45) is 0. The Balaban J connectivity index is 1.49. The van der Waals surface area contributed by atoms with Gasteiger partial charge < -0.3 is 10.1 Å². The van der Waals surface area contributed by atoms with E-state index in [4.69, 9.17) is 4.74 Å². The molecule has 1 aliphatic rings. The number of amides is 1. The summed E-state index contributed by atoms with van der Waals surface area (Å²) in [5.41, 5.74) is 1.08. The molecule has 0 saturated heterocycles. The van der Waals surface area contributed by atoms with E-state index in [1.807, 2.05) is 0 Å². The number of benzene rings is 3. The maximum absolute atomic E-state index is 14.0. The largest absolute Gasteiger partial charge is 0.423 e. The van der Waals surface area contributed by atoms with E-state index in [0.29, 0.717) is 11.4 Å². The molecule has 0 unspecified atom stereocenters. The number of ether oxygens (including phenoxy) is 1. The van der Waals surface area contributed by atoms with Gasteiger partial charge in [0.1, 0.15) is 16.5 Å². The maximum Gasteiger partial charge on any atom is 0.343 e. The van der Waals surface area contributed by atoms with Crippen LogP contribution in [0, 0.1) is 5.82 Å². The zero-order valence-corrected chi connectivity index (χ0v) is 18.4. The summed E-state index contributed by atoms with van der Waals surface area (Å²) in [4.78, 5) is 24.5. The van der Waals surface area contributed by atoms with Crippen molar-refractivity contribution >= 4 is 45.0 Å². The molecule has 0 bridgehead atoms. The molecule has 0 saturated carbocycles. The molecule has 1 aliphatic heterocycles. The quantitative estimate of drug-likeness (QED) is 0.447. The Bertz CT molecular complexity index is 1310. The van der Waals surface area contributed by atoms with Crippen molar-refractivity contribution in [2.75, 3.05) is 22.4 Å². The molecule has 0 spiro atoms. The van der Waals surface area contributed by atoms with Crippen molar-refractivity contribution in [3.05, 3.63) is 78.1 Å². The molecule has 1 heterocycles. The lowest BCUT2D eigenvalue weighted by Gasteiger charge is -2.20. The lowest BCUT2D eigenvalue weighted by Crippen LogP contribution is -2.27. The summed E-state index contributed by atoms with van der Waals surface area (Å²) in [7, 11) is -2.79. The first kappa shape index (κ1) is 21.8. The van der Waals surface area contributed by atoms with Crippen molar-refractivity contribution in [1.29, 1.82) is 0 Å². The first-order chi connectivity index (χ1) is 15.3. The summed E-state index contributed by atoms with van der Waals surface area (Å²) in [5, 5.41) is 2.71. The minimum Gasteiger partial charge on any atom is -0.423 e. The highest BCUT2D eigenvalue weighted by Crippen LogP contribution is 2.32. The van der Waals surface area contributed by atoms with Crippen LogP contribution in [0.1, 0.15) is 10.4 Å². The lowest BCUT2D eigenvalue weighted by atomic mass is 10.2. The number of hydrogen-bond acceptors (Lipinski definition) is 6. The number of esters is 1. The minimum atomic E-state index is -4.10. The Kier molecular flexibility index (Phi) is 5.90. The van der Waals surface area contributed by atoms with E-state index < -0.39 is 26.7 Å². The molecule has 4 rings (SSSR count). The second-order valence-corrected chi connectivity index (χ2v) is 9.79. The first-order valence-electron chi connectivity index (χ1n) is 9.38. The van der Waals surface area contributed by atoms with Gasteiger partial charge in [0.2, 0.25) is 5.91 Å². The van der Waals surface area contributed by atoms with Gasteiger partial charge in [-0.2, -0.15) is 0 Å². The zero-order valence-electron chi connectivity index (χ0n) is 16.7. The van der Waals surface area contributed by atoms with E-state index in [1.54, 1.807) is 18.2 Å². The average Bonchev–Trinajstić information content (AvgIpc) is 2.78. The van der Waals surface area contributed by atoms with Crippen LogP contribution < -0.4 is 14.4 Å². The maximum atomic E-state index is 14.0. The second kappa shape index (κ2) is 8.64. The number of carbonyl (C=O) groups is 2. The van der Waals surface area contributed by atoms with Crippen molar-refractivity contribution in [3.8, 4) is 5.75 Å². The van der Waals surface area contributed by atoms with Crippen LogP contribution in [0.2, 0.25) is 0 Å². The van der Waals surface area contributed by atoms with E-state index in [-0.39, 0.29) is 22.9 Å². The molecule has 1 N–H and O–H groups in total. The number of fused-ring (bicyclic) bond motifs is 1. The molecule has 7 nitrogen and oxygen atoms in total. The van der Waals surface area contributed by atoms with Gasteiger partial charge in [0, 0.05) is 11.9 Å². The summed E-state index contributed by atoms with van der Waals surface area (Å²) in [6.45, 7) is 0. The van der Waals surface area contributed by atoms with Crippen molar-refractivity contribution in [1.82, 2.24) is 0 Å². The highest BCUT2D eigenvalue weighted by Gasteiger charge is 2.25. The second-order valence-electron chi connectivity index (χ2n) is 6.83. The van der Waals surface area contributed by atoms with Gasteiger partial charge in [0.05, 0.1) is 22.7 Å². The fourth-order valence-electron chi connectivity index (χ4n) is 3.04. The van der Waals surface area contributed by atoms with E-state index in [0.717, 1.165) is 15.3 Å². The smallest absolute Gasteiger partial charge is 0.343 e. The number of thioether (sulfide) groups is 1. The summed E-state index contributed by atoms with van der Waals surface area (Å²) in [5.74, 6) is -1.09. The third kappa shape index (κ3) is 4.32. The molecule has 10 heteroatoms. The van der Waals surface area contributed by atoms with Crippen LogP contribution in [0.3, 0.4) is 0 Å². The highest BCUT2D eigenvalue weighted by molar-refractivity contribution is 8.00. The van der Waals surface area contributed by atoms with Gasteiger partial charge in [-0.25, -0.2) is 17.6 Å². The fourth-order valence-corrected chi connectivity index (χ4v) is 5.09. The van der Waals surface area contributed by atoms with Gasteiger partial charge >= 0.3 is 5.97 Å². The van der Waals surface area contributed by atoms with Crippen LogP contribution in [0.25, 0.3) is 0 Å². The van der Waals surface area contributed by atoms with Crippen LogP contribution in [-0.4, -0.2) is 33.1 Å². The Morgan fingerprint density at radius 2 is 1.81 bits per heavy atom. The molecule has 0 radical (unpaired) electrons. The number of halogens is 1. The Morgan fingerprint density at radius 1 is 1.09 bits per heavy atom. The monoisotopic (exact) mass is 472 g/mol. The molecular formula is C22H17FN2O5S2.